The summed E-state index contributed by atoms with van der Waals surface area (Å²) in [5, 5.41) is 11.8. The maximum absolute atomic E-state index is 8.77. The van der Waals surface area contributed by atoms with Crippen LogP contribution in [0.3, 0.4) is 0 Å². The molecule has 1 aromatic rings. The second-order valence-electron chi connectivity index (χ2n) is 5.69. The Morgan fingerprint density at radius 1 is 1.24 bits per heavy atom. The molecule has 0 bridgehead atoms. The lowest BCUT2D eigenvalue weighted by Gasteiger charge is -2.29. The summed E-state index contributed by atoms with van der Waals surface area (Å²) in [5.74, 6) is 1.01. The van der Waals surface area contributed by atoms with Crippen LogP contribution in [0.1, 0.15) is 42.4 Å². The van der Waals surface area contributed by atoms with Gasteiger partial charge >= 0.3 is 0 Å². The zero-order valence-electron chi connectivity index (χ0n) is 12.9. The maximum Gasteiger partial charge on any atom is 0.170 e. The molecular weight excluding hydrogens is 268 g/mol. The number of rotatable bonds is 4. The van der Waals surface area contributed by atoms with Gasteiger partial charge in [0.15, 0.2) is 5.84 Å². The highest BCUT2D eigenvalue weighted by Crippen LogP contribution is 2.30. The Kier molecular flexibility index (Phi) is 5.07. The first kappa shape index (κ1) is 15.6. The van der Waals surface area contributed by atoms with E-state index in [9.17, 15) is 0 Å². The summed E-state index contributed by atoms with van der Waals surface area (Å²) in [6.45, 7) is 3.96. The van der Waals surface area contributed by atoms with Crippen molar-refractivity contribution < 1.29 is 14.7 Å². The van der Waals surface area contributed by atoms with Crippen molar-refractivity contribution in [3.8, 4) is 5.75 Å². The van der Waals surface area contributed by atoms with Gasteiger partial charge in [-0.1, -0.05) is 5.16 Å². The van der Waals surface area contributed by atoms with Crippen LogP contribution in [0.25, 0.3) is 0 Å². The smallest absolute Gasteiger partial charge is 0.170 e. The zero-order valence-corrected chi connectivity index (χ0v) is 12.9. The third-order valence-electron chi connectivity index (χ3n) is 4.06. The molecule has 1 aromatic carbocycles. The molecule has 3 N–H and O–H groups in total. The molecule has 1 aliphatic rings. The van der Waals surface area contributed by atoms with Crippen molar-refractivity contribution in [1.82, 2.24) is 0 Å². The predicted octanol–water partition coefficient (Wildman–Crippen LogP) is 2.73. The van der Waals surface area contributed by atoms with Gasteiger partial charge in [-0.2, -0.15) is 0 Å². The molecule has 0 aliphatic heterocycles. The SMILES string of the molecule is COC1CCCC(Oc2c(C)cc(C(N)=NO)cc2C)C1. The maximum atomic E-state index is 8.77. The van der Waals surface area contributed by atoms with E-state index in [1.54, 1.807) is 7.11 Å². The molecule has 1 aliphatic carbocycles. The minimum Gasteiger partial charge on any atom is -0.490 e. The van der Waals surface area contributed by atoms with E-state index in [0.29, 0.717) is 11.7 Å². The number of benzene rings is 1. The van der Waals surface area contributed by atoms with Gasteiger partial charge in [-0.3, -0.25) is 0 Å². The number of methoxy groups -OCH3 is 1. The molecule has 0 aromatic heterocycles. The number of hydrogen-bond acceptors (Lipinski definition) is 4. The number of oxime groups is 1. The number of ether oxygens (including phenoxy) is 2. The van der Waals surface area contributed by atoms with E-state index in [4.69, 9.17) is 20.4 Å². The third-order valence-corrected chi connectivity index (χ3v) is 4.06. The van der Waals surface area contributed by atoms with Gasteiger partial charge in [-0.15, -0.1) is 0 Å². The first-order valence-electron chi connectivity index (χ1n) is 7.33. The summed E-state index contributed by atoms with van der Waals surface area (Å²) >= 11 is 0. The quantitative estimate of drug-likeness (QED) is 0.387. The Bertz CT molecular complexity index is 505. The highest BCUT2D eigenvalue weighted by atomic mass is 16.5. The molecule has 0 saturated heterocycles. The summed E-state index contributed by atoms with van der Waals surface area (Å²) < 4.78 is 11.6. The van der Waals surface area contributed by atoms with Crippen molar-refractivity contribution >= 4 is 5.84 Å². The number of nitrogens with two attached hydrogens (primary N) is 1. The van der Waals surface area contributed by atoms with Gasteiger partial charge in [0.1, 0.15) is 11.9 Å². The van der Waals surface area contributed by atoms with Crippen LogP contribution in [0, 0.1) is 13.8 Å². The molecule has 2 unspecified atom stereocenters. The fraction of sp³-hybridized carbons (Fsp3) is 0.562. The van der Waals surface area contributed by atoms with Gasteiger partial charge in [-0.25, -0.2) is 0 Å². The Morgan fingerprint density at radius 2 is 1.86 bits per heavy atom. The topological polar surface area (TPSA) is 77.1 Å². The van der Waals surface area contributed by atoms with Crippen LogP contribution in [0.4, 0.5) is 0 Å². The average molecular weight is 292 g/mol. The number of hydrogen-bond donors (Lipinski definition) is 2. The second kappa shape index (κ2) is 6.80. The Hall–Kier alpha value is -1.75. The summed E-state index contributed by atoms with van der Waals surface area (Å²) in [6, 6.07) is 3.77. The fourth-order valence-electron chi connectivity index (χ4n) is 2.93. The first-order valence-corrected chi connectivity index (χ1v) is 7.33. The number of amidine groups is 1. The van der Waals surface area contributed by atoms with E-state index >= 15 is 0 Å². The van der Waals surface area contributed by atoms with Crippen molar-refractivity contribution in [3.63, 3.8) is 0 Å². The van der Waals surface area contributed by atoms with Crippen LogP contribution >= 0.6 is 0 Å². The standard InChI is InChI=1S/C16H24N2O3/c1-10-7-12(16(17)18-19)8-11(2)15(10)21-14-6-4-5-13(9-14)20-3/h7-8,13-14,19H,4-6,9H2,1-3H3,(H2,17,18). The van der Waals surface area contributed by atoms with Crippen LogP contribution in [-0.4, -0.2) is 30.4 Å². The molecule has 1 saturated carbocycles. The normalized spacial score (nSPS) is 23.1. The lowest BCUT2D eigenvalue weighted by atomic mass is 9.94. The Morgan fingerprint density at radius 3 is 2.43 bits per heavy atom. The summed E-state index contributed by atoms with van der Waals surface area (Å²) in [6.07, 6.45) is 4.70. The van der Waals surface area contributed by atoms with Crippen molar-refractivity contribution in [3.05, 3.63) is 28.8 Å². The summed E-state index contributed by atoms with van der Waals surface area (Å²) in [4.78, 5) is 0. The highest BCUT2D eigenvalue weighted by Gasteiger charge is 2.24. The zero-order chi connectivity index (χ0) is 15.4. The van der Waals surface area contributed by atoms with Gasteiger partial charge in [0.05, 0.1) is 6.10 Å². The van der Waals surface area contributed by atoms with Crippen LogP contribution in [0.15, 0.2) is 17.3 Å². The summed E-state index contributed by atoms with van der Waals surface area (Å²) in [5.41, 5.74) is 8.34. The van der Waals surface area contributed by atoms with Crippen LogP contribution < -0.4 is 10.5 Å². The third kappa shape index (κ3) is 3.67. The van der Waals surface area contributed by atoms with Crippen molar-refractivity contribution in [2.75, 3.05) is 7.11 Å². The fourth-order valence-corrected chi connectivity index (χ4v) is 2.93. The van der Waals surface area contributed by atoms with Gasteiger partial charge < -0.3 is 20.4 Å². The highest BCUT2D eigenvalue weighted by molar-refractivity contribution is 5.97. The monoisotopic (exact) mass is 292 g/mol. The molecule has 5 nitrogen and oxygen atoms in total. The molecule has 116 valence electrons. The van der Waals surface area contributed by atoms with Gasteiger partial charge in [0.25, 0.3) is 0 Å². The van der Waals surface area contributed by atoms with E-state index in [2.05, 4.69) is 5.16 Å². The largest absolute Gasteiger partial charge is 0.490 e. The van der Waals surface area contributed by atoms with Crippen molar-refractivity contribution in [2.45, 2.75) is 51.7 Å². The number of nitrogens with zero attached hydrogens (tertiary/aromatic N) is 1. The molecular formula is C16H24N2O3. The lowest BCUT2D eigenvalue weighted by molar-refractivity contribution is 0.0205. The van der Waals surface area contributed by atoms with E-state index < -0.39 is 0 Å². The lowest BCUT2D eigenvalue weighted by Crippen LogP contribution is -2.30. The van der Waals surface area contributed by atoms with Gasteiger partial charge in [-0.05, 0) is 56.4 Å². The second-order valence-corrected chi connectivity index (χ2v) is 5.69. The first-order chi connectivity index (χ1) is 10.0. The minimum absolute atomic E-state index is 0.116. The minimum atomic E-state index is 0.116. The van der Waals surface area contributed by atoms with Crippen molar-refractivity contribution in [2.24, 2.45) is 10.9 Å². The predicted molar refractivity (Wildman–Crippen MR) is 82.1 cm³/mol. The molecule has 0 heterocycles. The van der Waals surface area contributed by atoms with Crippen LogP contribution in [0.5, 0.6) is 5.75 Å². The van der Waals surface area contributed by atoms with E-state index in [0.717, 1.165) is 42.6 Å². The van der Waals surface area contributed by atoms with Gasteiger partial charge in [0, 0.05) is 19.1 Å². The van der Waals surface area contributed by atoms with Crippen LogP contribution in [0.2, 0.25) is 0 Å². The number of aryl methyl sites for hydroxylation is 2. The Labute approximate surface area is 125 Å². The van der Waals surface area contributed by atoms with Crippen LogP contribution in [-0.2, 0) is 4.74 Å². The molecule has 2 rings (SSSR count). The molecule has 2 atom stereocenters. The molecule has 21 heavy (non-hydrogen) atoms. The van der Waals surface area contributed by atoms with E-state index in [-0.39, 0.29) is 11.9 Å². The molecule has 1 fully saturated rings. The molecule has 0 spiro atoms. The van der Waals surface area contributed by atoms with Crippen molar-refractivity contribution in [1.29, 1.82) is 0 Å². The molecule has 0 amide bonds. The van der Waals surface area contributed by atoms with E-state index in [1.807, 2.05) is 26.0 Å². The van der Waals surface area contributed by atoms with Gasteiger partial charge in [0.2, 0.25) is 0 Å². The summed E-state index contributed by atoms with van der Waals surface area (Å²) in [7, 11) is 1.76. The average Bonchev–Trinajstić information content (AvgIpc) is 2.50. The van der Waals surface area contributed by atoms with E-state index in [1.165, 1.54) is 0 Å². The molecule has 0 radical (unpaired) electrons. The molecule has 5 heteroatoms. The Balaban J connectivity index is 2.17.